The third-order valence-corrected chi connectivity index (χ3v) is 16.2. The zero-order valence-electron chi connectivity index (χ0n) is 51.4. The van der Waals surface area contributed by atoms with E-state index in [0.29, 0.717) is 11.1 Å². The Morgan fingerprint density at radius 2 is 0.859 bits per heavy atom. The van der Waals surface area contributed by atoms with E-state index < -0.39 is 202 Å². The predicted molar refractivity (Wildman–Crippen MR) is 329 cm³/mol. The van der Waals surface area contributed by atoms with E-state index in [0.717, 1.165) is 54.6 Å². The van der Waals surface area contributed by atoms with Gasteiger partial charge >= 0.3 is 17.9 Å². The molecule has 0 aliphatic carbocycles. The summed E-state index contributed by atoms with van der Waals surface area (Å²) in [5.41, 5.74) is 0.979. The fourth-order valence-corrected chi connectivity index (χ4v) is 10.7. The number of phenols is 6. The number of esters is 3. The van der Waals surface area contributed by atoms with Crippen molar-refractivity contribution in [3.05, 3.63) is 149 Å². The normalized spacial score (nSPS) is 31.6. The van der Waals surface area contributed by atoms with Crippen molar-refractivity contribution in [2.24, 2.45) is 0 Å². The van der Waals surface area contributed by atoms with Gasteiger partial charge in [0.1, 0.15) is 146 Å². The largest absolute Gasteiger partial charge is 0.508 e. The highest BCUT2D eigenvalue weighted by molar-refractivity contribution is 5.88. The molecule has 4 fully saturated rings. The second-order valence-electron chi connectivity index (χ2n) is 23.2. The molecule has 0 bridgehead atoms. The molecule has 5 heterocycles. The summed E-state index contributed by atoms with van der Waals surface area (Å²) in [6.45, 7) is -3.19. The molecule has 532 valence electrons. The number of hydrogen-bond donors (Lipinski definition) is 18. The molecule has 5 aromatic rings. The van der Waals surface area contributed by atoms with Crippen molar-refractivity contribution in [3.8, 4) is 51.7 Å². The van der Waals surface area contributed by atoms with Gasteiger partial charge in [-0.3, -0.25) is 0 Å². The summed E-state index contributed by atoms with van der Waals surface area (Å²) in [6, 6.07) is 20.6. The van der Waals surface area contributed by atoms with Crippen molar-refractivity contribution >= 4 is 42.2 Å². The number of aromatic hydroxyl groups is 6. The molecule has 10 rings (SSSR count). The van der Waals surface area contributed by atoms with E-state index in [9.17, 15) is 106 Å². The molecular weight excluding hydrogens is 1320 g/mol. The van der Waals surface area contributed by atoms with Crippen LogP contribution in [0.25, 0.3) is 24.3 Å². The Morgan fingerprint density at radius 1 is 0.404 bits per heavy atom. The maximum Gasteiger partial charge on any atom is 0.330 e. The van der Waals surface area contributed by atoms with E-state index in [4.69, 9.17) is 56.8 Å². The highest BCUT2D eigenvalue weighted by Crippen LogP contribution is 2.47. The molecule has 33 nitrogen and oxygen atoms in total. The molecule has 5 aromatic carbocycles. The van der Waals surface area contributed by atoms with Gasteiger partial charge in [0.15, 0.2) is 41.5 Å². The van der Waals surface area contributed by atoms with Gasteiger partial charge in [0.2, 0.25) is 18.9 Å². The van der Waals surface area contributed by atoms with Crippen molar-refractivity contribution in [1.29, 1.82) is 0 Å². The van der Waals surface area contributed by atoms with E-state index in [1.165, 1.54) is 85.0 Å². The lowest BCUT2D eigenvalue weighted by Gasteiger charge is -2.46. The number of carbonyl (C=O) groups is 3. The van der Waals surface area contributed by atoms with Crippen LogP contribution in [0.2, 0.25) is 0 Å². The fraction of sp³-hybridized carbons (Fsp3) is 0.379. The van der Waals surface area contributed by atoms with Gasteiger partial charge in [-0.25, -0.2) is 14.4 Å². The van der Waals surface area contributed by atoms with Crippen LogP contribution in [-0.2, 0) is 57.0 Å². The summed E-state index contributed by atoms with van der Waals surface area (Å²) < 4.78 is 69.5. The number of phenolic OH excluding ortho intramolecular Hbond substituents is 6. The number of fused-ring (bicyclic) bond motifs is 1. The second-order valence-corrected chi connectivity index (χ2v) is 23.2. The smallest absolute Gasteiger partial charge is 0.330 e. The Kier molecular flexibility index (Phi) is 23.3. The quantitative estimate of drug-likeness (QED) is 0.0157. The van der Waals surface area contributed by atoms with Gasteiger partial charge in [-0.15, -0.1) is 0 Å². The van der Waals surface area contributed by atoms with Crippen LogP contribution in [0.3, 0.4) is 0 Å². The number of rotatable bonds is 22. The van der Waals surface area contributed by atoms with Gasteiger partial charge in [-0.1, -0.05) is 36.4 Å². The van der Waals surface area contributed by atoms with E-state index in [2.05, 4.69) is 0 Å². The van der Waals surface area contributed by atoms with Crippen molar-refractivity contribution in [3.63, 3.8) is 0 Å². The molecule has 5 aliphatic rings. The molecule has 33 heteroatoms. The van der Waals surface area contributed by atoms with Crippen LogP contribution in [0.5, 0.6) is 51.7 Å². The zero-order chi connectivity index (χ0) is 71.1. The zero-order valence-corrected chi connectivity index (χ0v) is 51.4. The molecule has 0 aromatic heterocycles. The van der Waals surface area contributed by atoms with E-state index in [-0.39, 0.29) is 45.4 Å². The predicted octanol–water partition coefficient (Wildman–Crippen LogP) is -1.81. The molecule has 0 spiro atoms. The van der Waals surface area contributed by atoms with Gasteiger partial charge in [0.05, 0.1) is 12.2 Å². The van der Waals surface area contributed by atoms with Crippen molar-refractivity contribution in [1.82, 2.24) is 0 Å². The van der Waals surface area contributed by atoms with Gasteiger partial charge in [-0.2, -0.15) is 0 Å². The van der Waals surface area contributed by atoms with Crippen molar-refractivity contribution in [2.75, 3.05) is 26.4 Å². The topological polar surface area (TPSA) is 526 Å². The second kappa shape index (κ2) is 31.8. The van der Waals surface area contributed by atoms with Crippen LogP contribution in [0, 0.1) is 0 Å². The van der Waals surface area contributed by atoms with Crippen LogP contribution in [0.1, 0.15) is 33.9 Å². The lowest BCUT2D eigenvalue weighted by atomic mass is 9.97. The van der Waals surface area contributed by atoms with Gasteiger partial charge < -0.3 is 149 Å². The van der Waals surface area contributed by atoms with Gasteiger partial charge in [0, 0.05) is 35.9 Å². The third kappa shape index (κ3) is 17.3. The summed E-state index contributed by atoms with van der Waals surface area (Å²) in [6.07, 6.45) is -31.9. The van der Waals surface area contributed by atoms with Gasteiger partial charge in [0.25, 0.3) is 0 Å². The average molecular weight is 1390 g/mol. The first-order valence-corrected chi connectivity index (χ1v) is 30.3. The first-order chi connectivity index (χ1) is 47.2. The van der Waals surface area contributed by atoms with E-state index >= 15 is 0 Å². The number of ether oxygens (including phenoxy) is 12. The van der Waals surface area contributed by atoms with Crippen molar-refractivity contribution < 1.29 is 163 Å². The Hall–Kier alpha value is -9.21. The van der Waals surface area contributed by atoms with Crippen LogP contribution in [-0.4, -0.2) is 259 Å². The third-order valence-electron chi connectivity index (χ3n) is 16.2. The molecule has 99 heavy (non-hydrogen) atoms. The standard InChI is InChI=1S/C66H70O33/c67-24-43-50(77)54(81)58(85)64(95-43)93-41-22-34(70)21-40-35(41)23-42(61(91-40)31-9-14-36(71)37(72)20-31)94-66-62(99-65-60(87)56(83)52(79)45(97-65)26-89-48(75)17-7-29-3-12-33(69)13-4-29)57(84)53(80)46(98-66)27-90-49(76)18-8-30-5-15-39(38(73)19-30)92-63-59(86)55(82)51(78)44(96-63)25-88-47(74)16-6-28-1-10-32(68)11-2-28/h1-23,43-46,50-73,77-87H,24-27H2/b16-6+,17-7+,18-8+/t43-,44+,45-,46-,50+,51+,52+,53+,54-,55+,56+,57-,58+,59+,60+,61?,62-,63+,64+,65-,66+/m0/s1. The van der Waals surface area contributed by atoms with Crippen LogP contribution >= 0.6 is 0 Å². The molecular formula is C66H70O33. The Morgan fingerprint density at radius 3 is 1.37 bits per heavy atom. The first kappa shape index (κ1) is 72.5. The van der Waals surface area contributed by atoms with Crippen LogP contribution in [0.15, 0.2) is 121 Å². The molecule has 4 saturated heterocycles. The summed E-state index contributed by atoms with van der Waals surface area (Å²) in [4.78, 5) is 38.7. The lowest BCUT2D eigenvalue weighted by molar-refractivity contribution is -0.364. The Bertz CT molecular complexity index is 3750. The summed E-state index contributed by atoms with van der Waals surface area (Å²) in [5.74, 6) is -6.79. The SMILES string of the molecule is O=C(/C=C/c1ccc(O)cc1)OC[C@@H]1O[C@@H](O[C@@H]2[C@H](OC3=Cc4c(cc(O)cc4O[C@@H]4O[C@@H](CO)[C@@H](O)[C@H](O)[C@H]4O)OC3c3ccc(O)c(O)c3)O[C@@H](COC(=O)/C=C/c3ccc(O[C@@H]4O[C@H](COC(=O)/C=C/c5ccc(O)cc5)[C@@H](O)[C@@H](O)[C@H]4O)c(O)c3)[C@@H](O)[C@@H]2O)[C@H](O)[C@H](O)[C@@H]1O. The number of carbonyl (C=O) groups excluding carboxylic acids is 3. The minimum atomic E-state index is -2.24. The highest BCUT2D eigenvalue weighted by Gasteiger charge is 2.53. The summed E-state index contributed by atoms with van der Waals surface area (Å²) in [5, 5.41) is 193. The van der Waals surface area contributed by atoms with Crippen molar-refractivity contribution in [2.45, 2.75) is 129 Å². The Balaban J connectivity index is 0.876. The lowest BCUT2D eigenvalue weighted by Crippen LogP contribution is -2.64. The van der Waals surface area contributed by atoms with E-state index in [1.54, 1.807) is 0 Å². The van der Waals surface area contributed by atoms with Crippen LogP contribution in [0.4, 0.5) is 0 Å². The molecule has 0 radical (unpaired) electrons. The molecule has 0 amide bonds. The van der Waals surface area contributed by atoms with Crippen LogP contribution < -0.4 is 14.2 Å². The molecule has 5 aliphatic heterocycles. The fourth-order valence-electron chi connectivity index (χ4n) is 10.7. The van der Waals surface area contributed by atoms with Gasteiger partial charge in [-0.05, 0) is 89.5 Å². The Labute approximate surface area is 559 Å². The van der Waals surface area contributed by atoms with E-state index in [1.807, 2.05) is 0 Å². The average Bonchev–Trinajstić information content (AvgIpc) is 0.768. The first-order valence-electron chi connectivity index (χ1n) is 30.3. The summed E-state index contributed by atoms with van der Waals surface area (Å²) >= 11 is 0. The molecule has 21 atom stereocenters. The highest BCUT2D eigenvalue weighted by atomic mass is 16.8. The minimum Gasteiger partial charge on any atom is -0.508 e. The number of aliphatic hydroxyl groups excluding tert-OH is 12. The number of aliphatic hydroxyl groups is 12. The monoisotopic (exact) mass is 1390 g/mol. The molecule has 18 N–H and O–H groups in total. The molecule has 1 unspecified atom stereocenters. The number of benzene rings is 5. The summed E-state index contributed by atoms with van der Waals surface area (Å²) in [7, 11) is 0. The maximum absolute atomic E-state index is 13.4. The maximum atomic E-state index is 13.4. The minimum absolute atomic E-state index is 0.00470. The molecule has 0 saturated carbocycles. The number of hydrogen-bond acceptors (Lipinski definition) is 33.